The van der Waals surface area contributed by atoms with E-state index in [0.717, 1.165) is 5.75 Å². The fourth-order valence-corrected chi connectivity index (χ4v) is 2.04. The molecule has 1 N–H and O–H groups in total. The highest BCUT2D eigenvalue weighted by molar-refractivity contribution is 5.91. The number of rotatable bonds is 7. The number of aryl methyl sites for hydroxylation is 1. The van der Waals surface area contributed by atoms with Crippen LogP contribution in [0.25, 0.3) is 0 Å². The van der Waals surface area contributed by atoms with Crippen LogP contribution in [0.1, 0.15) is 12.0 Å². The second kappa shape index (κ2) is 7.96. The van der Waals surface area contributed by atoms with Crippen molar-refractivity contribution in [1.82, 2.24) is 0 Å². The van der Waals surface area contributed by atoms with E-state index in [2.05, 4.69) is 5.32 Å². The van der Waals surface area contributed by atoms with Gasteiger partial charge in [-0.25, -0.2) is 0 Å². The minimum absolute atomic E-state index is 0.0257. The molecule has 0 bridgehead atoms. The summed E-state index contributed by atoms with van der Waals surface area (Å²) in [6.07, 6.45) is 0.133. The first-order valence-corrected chi connectivity index (χ1v) is 7.31. The summed E-state index contributed by atoms with van der Waals surface area (Å²) in [7, 11) is 1.58. The quantitative estimate of drug-likeness (QED) is 0.621. The van der Waals surface area contributed by atoms with Crippen molar-refractivity contribution in [3.63, 3.8) is 0 Å². The summed E-state index contributed by atoms with van der Waals surface area (Å²) in [4.78, 5) is 22.3. The predicted molar refractivity (Wildman–Crippen MR) is 89.6 cm³/mol. The number of amides is 1. The Hall–Kier alpha value is -3.09. The highest BCUT2D eigenvalue weighted by Crippen LogP contribution is 2.22. The zero-order chi connectivity index (χ0) is 17.5. The fraction of sp³-hybridized carbons (Fsp3) is 0.235. The van der Waals surface area contributed by atoms with E-state index in [0.29, 0.717) is 17.0 Å². The number of carbonyl (C=O) groups is 1. The molecule has 7 nitrogen and oxygen atoms in total. The maximum atomic E-state index is 11.9. The molecule has 0 aliphatic rings. The Kier molecular flexibility index (Phi) is 5.73. The molecule has 0 fully saturated rings. The number of hydrogen-bond donors (Lipinski definition) is 1. The van der Waals surface area contributed by atoms with Crippen LogP contribution in [0.3, 0.4) is 0 Å². The van der Waals surface area contributed by atoms with Crippen LogP contribution in [-0.2, 0) is 4.79 Å². The van der Waals surface area contributed by atoms with Gasteiger partial charge < -0.3 is 14.8 Å². The number of methoxy groups -OCH3 is 1. The molecule has 2 aromatic rings. The molecule has 0 heterocycles. The molecule has 0 aromatic heterocycles. The summed E-state index contributed by atoms with van der Waals surface area (Å²) in [6.45, 7) is 1.85. The van der Waals surface area contributed by atoms with E-state index in [1.807, 2.05) is 0 Å². The zero-order valence-electron chi connectivity index (χ0n) is 13.4. The Balaban J connectivity index is 1.84. The summed E-state index contributed by atoms with van der Waals surface area (Å²) in [5, 5.41) is 13.5. The first-order valence-electron chi connectivity index (χ1n) is 7.31. The van der Waals surface area contributed by atoms with E-state index < -0.39 is 4.92 Å². The number of anilines is 1. The van der Waals surface area contributed by atoms with E-state index in [4.69, 9.17) is 9.47 Å². The van der Waals surface area contributed by atoms with Gasteiger partial charge in [-0.3, -0.25) is 14.9 Å². The van der Waals surface area contributed by atoms with Crippen molar-refractivity contribution in [1.29, 1.82) is 0 Å². The number of nitrogens with one attached hydrogen (secondary N) is 1. The van der Waals surface area contributed by atoms with Crippen molar-refractivity contribution >= 4 is 17.3 Å². The number of ether oxygens (including phenoxy) is 2. The minimum atomic E-state index is -0.474. The molecule has 0 spiro atoms. The van der Waals surface area contributed by atoms with Gasteiger partial charge in [-0.2, -0.15) is 0 Å². The standard InChI is InChI=1S/C17H18N2O5/c1-12-3-4-13(11-16(12)19(21)22)18-17(20)9-10-24-15-7-5-14(23-2)6-8-15/h3-8,11H,9-10H2,1-2H3,(H,18,20). The van der Waals surface area contributed by atoms with Crippen LogP contribution in [-0.4, -0.2) is 24.5 Å². The van der Waals surface area contributed by atoms with Gasteiger partial charge in [0.2, 0.25) is 5.91 Å². The van der Waals surface area contributed by atoms with Crippen LogP contribution in [0, 0.1) is 17.0 Å². The van der Waals surface area contributed by atoms with E-state index >= 15 is 0 Å². The molecule has 0 aliphatic carbocycles. The summed E-state index contributed by atoms with van der Waals surface area (Å²) < 4.78 is 10.5. The second-order valence-electron chi connectivity index (χ2n) is 5.08. The molecule has 24 heavy (non-hydrogen) atoms. The molecule has 7 heteroatoms. The Morgan fingerprint density at radius 1 is 1.17 bits per heavy atom. The topological polar surface area (TPSA) is 90.7 Å². The fourth-order valence-electron chi connectivity index (χ4n) is 2.04. The van der Waals surface area contributed by atoms with Crippen LogP contribution in [0.2, 0.25) is 0 Å². The Bertz CT molecular complexity index is 728. The van der Waals surface area contributed by atoms with Crippen molar-refractivity contribution in [3.8, 4) is 11.5 Å². The lowest BCUT2D eigenvalue weighted by Crippen LogP contribution is -2.15. The first-order chi connectivity index (χ1) is 11.5. The maximum absolute atomic E-state index is 11.9. The molecule has 1 amide bonds. The van der Waals surface area contributed by atoms with Gasteiger partial charge in [0.25, 0.3) is 5.69 Å². The summed E-state index contributed by atoms with van der Waals surface area (Å²) in [6, 6.07) is 11.6. The molecular formula is C17H18N2O5. The highest BCUT2D eigenvalue weighted by atomic mass is 16.6. The van der Waals surface area contributed by atoms with Crippen molar-refractivity contribution in [2.75, 3.05) is 19.0 Å². The van der Waals surface area contributed by atoms with Crippen molar-refractivity contribution in [3.05, 3.63) is 58.1 Å². The van der Waals surface area contributed by atoms with Crippen molar-refractivity contribution in [2.24, 2.45) is 0 Å². The lowest BCUT2D eigenvalue weighted by Gasteiger charge is -2.08. The van der Waals surface area contributed by atoms with Gasteiger partial charge in [0.05, 0.1) is 25.1 Å². The summed E-state index contributed by atoms with van der Waals surface area (Å²) in [5.41, 5.74) is 0.907. The van der Waals surface area contributed by atoms with Gasteiger partial charge in [0.1, 0.15) is 11.5 Å². The molecule has 0 saturated heterocycles. The molecule has 2 aromatic carbocycles. The van der Waals surface area contributed by atoms with Crippen molar-refractivity contribution in [2.45, 2.75) is 13.3 Å². The molecule has 2 rings (SSSR count). The Labute approximate surface area is 139 Å². The van der Waals surface area contributed by atoms with Gasteiger partial charge >= 0.3 is 0 Å². The van der Waals surface area contributed by atoms with E-state index in [1.165, 1.54) is 6.07 Å². The molecular weight excluding hydrogens is 312 g/mol. The molecule has 0 aliphatic heterocycles. The van der Waals surface area contributed by atoms with Gasteiger partial charge in [0.15, 0.2) is 0 Å². The second-order valence-corrected chi connectivity index (χ2v) is 5.08. The zero-order valence-corrected chi connectivity index (χ0v) is 13.4. The number of benzene rings is 2. The van der Waals surface area contributed by atoms with E-state index in [1.54, 1.807) is 50.4 Å². The van der Waals surface area contributed by atoms with Crippen LogP contribution >= 0.6 is 0 Å². The average Bonchev–Trinajstić information content (AvgIpc) is 2.57. The molecule has 0 radical (unpaired) electrons. The van der Waals surface area contributed by atoms with Crippen LogP contribution in [0.5, 0.6) is 11.5 Å². The van der Waals surface area contributed by atoms with Gasteiger partial charge in [0, 0.05) is 17.3 Å². The number of nitrogens with zero attached hydrogens (tertiary/aromatic N) is 1. The number of hydrogen-bond acceptors (Lipinski definition) is 5. The minimum Gasteiger partial charge on any atom is -0.497 e. The van der Waals surface area contributed by atoms with Crippen LogP contribution in [0.15, 0.2) is 42.5 Å². The number of carbonyl (C=O) groups excluding carboxylic acids is 1. The Morgan fingerprint density at radius 2 is 1.83 bits per heavy atom. The Morgan fingerprint density at radius 3 is 2.46 bits per heavy atom. The first kappa shape index (κ1) is 17.3. The third kappa shape index (κ3) is 4.70. The third-order valence-corrected chi connectivity index (χ3v) is 3.35. The average molecular weight is 330 g/mol. The van der Waals surface area contributed by atoms with Gasteiger partial charge in [-0.15, -0.1) is 0 Å². The SMILES string of the molecule is COc1ccc(OCCC(=O)Nc2ccc(C)c([N+](=O)[O-])c2)cc1. The third-order valence-electron chi connectivity index (χ3n) is 3.35. The van der Waals surface area contributed by atoms with Crippen molar-refractivity contribution < 1.29 is 19.2 Å². The van der Waals surface area contributed by atoms with E-state index in [-0.39, 0.29) is 24.6 Å². The monoisotopic (exact) mass is 330 g/mol. The largest absolute Gasteiger partial charge is 0.497 e. The molecule has 126 valence electrons. The van der Waals surface area contributed by atoms with Gasteiger partial charge in [-0.05, 0) is 37.3 Å². The summed E-state index contributed by atoms with van der Waals surface area (Å²) in [5.74, 6) is 1.08. The summed E-state index contributed by atoms with van der Waals surface area (Å²) >= 11 is 0. The normalized spacial score (nSPS) is 10.1. The number of nitro benzene ring substituents is 1. The van der Waals surface area contributed by atoms with Gasteiger partial charge in [-0.1, -0.05) is 6.07 Å². The van der Waals surface area contributed by atoms with Crippen LogP contribution in [0.4, 0.5) is 11.4 Å². The number of nitro groups is 1. The highest BCUT2D eigenvalue weighted by Gasteiger charge is 2.12. The lowest BCUT2D eigenvalue weighted by atomic mass is 10.2. The molecule has 0 saturated carbocycles. The molecule has 0 unspecified atom stereocenters. The maximum Gasteiger partial charge on any atom is 0.274 e. The lowest BCUT2D eigenvalue weighted by molar-refractivity contribution is -0.385. The smallest absolute Gasteiger partial charge is 0.274 e. The molecule has 0 atom stereocenters. The van der Waals surface area contributed by atoms with Crippen LogP contribution < -0.4 is 14.8 Å². The van der Waals surface area contributed by atoms with E-state index in [9.17, 15) is 14.9 Å². The predicted octanol–water partition coefficient (Wildman–Crippen LogP) is 3.32.